The van der Waals surface area contributed by atoms with Gasteiger partial charge in [-0.1, -0.05) is 18.2 Å². The number of hydrogen-bond acceptors (Lipinski definition) is 5. The minimum atomic E-state index is -0.0805. The lowest BCUT2D eigenvalue weighted by molar-refractivity contribution is 0.0901. The topological polar surface area (TPSA) is 97.7 Å². The molecule has 7 nitrogen and oxygen atoms in total. The summed E-state index contributed by atoms with van der Waals surface area (Å²) in [4.78, 5) is 19.5. The van der Waals surface area contributed by atoms with Crippen LogP contribution in [-0.4, -0.2) is 45.1 Å². The normalized spacial score (nSPS) is 16.4. The van der Waals surface area contributed by atoms with Crippen molar-refractivity contribution < 1.29 is 4.79 Å². The van der Waals surface area contributed by atoms with Crippen LogP contribution < -0.4 is 5.32 Å². The summed E-state index contributed by atoms with van der Waals surface area (Å²) >= 11 is 0. The molecule has 1 aliphatic rings. The number of aromatic amines is 1. The van der Waals surface area contributed by atoms with E-state index in [1.165, 1.54) is 0 Å². The number of aromatic nitrogens is 3. The average molecular weight is 437 g/mol. The standard InChI is InChI=1S/C26H24N6O/c27-15-20-4-1-2-5-21(20)16-32-13-3-6-22(17-32)29-26(33)19-7-8-24-23(14-19)25(31-30-24)18-9-11-28-12-10-18/h1-2,4-5,7-12,14,22H,3,6,13,16-17H2,(H,29,33)(H,30,31)/t22-/m1/s1. The molecule has 2 aromatic carbocycles. The van der Waals surface area contributed by atoms with Gasteiger partial charge in [-0.15, -0.1) is 0 Å². The summed E-state index contributed by atoms with van der Waals surface area (Å²) in [6, 6.07) is 19.5. The lowest BCUT2D eigenvalue weighted by atomic mass is 10.0. The van der Waals surface area contributed by atoms with Crippen LogP contribution >= 0.6 is 0 Å². The van der Waals surface area contributed by atoms with Gasteiger partial charge in [-0.3, -0.25) is 19.8 Å². The maximum Gasteiger partial charge on any atom is 0.251 e. The predicted octanol–water partition coefficient (Wildman–Crippen LogP) is 3.89. The lowest BCUT2D eigenvalue weighted by Gasteiger charge is -2.33. The van der Waals surface area contributed by atoms with Crippen molar-refractivity contribution in [3.8, 4) is 17.3 Å². The van der Waals surface area contributed by atoms with Gasteiger partial charge in [-0.2, -0.15) is 10.4 Å². The number of nitrogens with one attached hydrogen (secondary N) is 2. The number of amides is 1. The molecular weight excluding hydrogens is 412 g/mol. The van der Waals surface area contributed by atoms with Crippen LogP contribution in [-0.2, 0) is 6.54 Å². The number of pyridine rings is 1. The number of benzene rings is 2. The quantitative estimate of drug-likeness (QED) is 0.495. The van der Waals surface area contributed by atoms with Crippen LogP contribution in [0.15, 0.2) is 67.0 Å². The molecule has 0 bridgehead atoms. The number of carbonyl (C=O) groups is 1. The zero-order valence-corrected chi connectivity index (χ0v) is 18.2. The van der Waals surface area contributed by atoms with Crippen molar-refractivity contribution in [2.75, 3.05) is 13.1 Å². The fraction of sp³-hybridized carbons (Fsp3) is 0.231. The van der Waals surface area contributed by atoms with Crippen molar-refractivity contribution in [2.24, 2.45) is 0 Å². The molecule has 1 fully saturated rings. The average Bonchev–Trinajstić information content (AvgIpc) is 3.28. The number of likely N-dealkylation sites (tertiary alicyclic amines) is 1. The van der Waals surface area contributed by atoms with Crippen molar-refractivity contribution in [1.29, 1.82) is 5.26 Å². The Hall–Kier alpha value is -4.02. The van der Waals surface area contributed by atoms with Gasteiger partial charge in [-0.25, -0.2) is 0 Å². The molecule has 0 unspecified atom stereocenters. The largest absolute Gasteiger partial charge is 0.348 e. The van der Waals surface area contributed by atoms with Crippen molar-refractivity contribution in [1.82, 2.24) is 25.4 Å². The number of H-pyrrole nitrogens is 1. The molecular formula is C26H24N6O. The number of nitriles is 1. The van der Waals surface area contributed by atoms with E-state index >= 15 is 0 Å². The molecule has 33 heavy (non-hydrogen) atoms. The van der Waals surface area contributed by atoms with E-state index in [1.54, 1.807) is 12.4 Å². The number of fused-ring (bicyclic) bond motifs is 1. The molecule has 164 valence electrons. The van der Waals surface area contributed by atoms with Crippen LogP contribution in [0.25, 0.3) is 22.2 Å². The van der Waals surface area contributed by atoms with E-state index in [-0.39, 0.29) is 11.9 Å². The monoisotopic (exact) mass is 436 g/mol. The highest BCUT2D eigenvalue weighted by Gasteiger charge is 2.23. The number of piperidine rings is 1. The third-order valence-corrected chi connectivity index (χ3v) is 6.15. The van der Waals surface area contributed by atoms with Crippen LogP contribution in [0.5, 0.6) is 0 Å². The van der Waals surface area contributed by atoms with Crippen LogP contribution in [0.3, 0.4) is 0 Å². The minimum absolute atomic E-state index is 0.0696. The van der Waals surface area contributed by atoms with Gasteiger partial charge in [0, 0.05) is 48.0 Å². The first-order valence-corrected chi connectivity index (χ1v) is 11.1. The van der Waals surface area contributed by atoms with Gasteiger partial charge in [0.25, 0.3) is 5.91 Å². The van der Waals surface area contributed by atoms with Crippen LogP contribution in [0, 0.1) is 11.3 Å². The molecule has 5 rings (SSSR count). The van der Waals surface area contributed by atoms with Gasteiger partial charge in [0.15, 0.2) is 0 Å². The molecule has 0 spiro atoms. The molecule has 7 heteroatoms. The van der Waals surface area contributed by atoms with Crippen molar-refractivity contribution in [3.05, 3.63) is 83.7 Å². The Labute approximate surface area is 192 Å². The van der Waals surface area contributed by atoms with E-state index in [9.17, 15) is 10.1 Å². The minimum Gasteiger partial charge on any atom is -0.348 e. The molecule has 1 aliphatic heterocycles. The Kier molecular flexibility index (Phi) is 5.83. The molecule has 4 aromatic rings. The zero-order valence-electron chi connectivity index (χ0n) is 18.2. The van der Waals surface area contributed by atoms with E-state index in [4.69, 9.17) is 0 Å². The Bertz CT molecular complexity index is 1320. The van der Waals surface area contributed by atoms with Gasteiger partial charge < -0.3 is 5.32 Å². The zero-order chi connectivity index (χ0) is 22.6. The Balaban J connectivity index is 1.29. The van der Waals surface area contributed by atoms with E-state index in [0.717, 1.165) is 53.7 Å². The van der Waals surface area contributed by atoms with Crippen LogP contribution in [0.2, 0.25) is 0 Å². The number of hydrogen-bond donors (Lipinski definition) is 2. The maximum atomic E-state index is 13.1. The van der Waals surface area contributed by atoms with Crippen LogP contribution in [0.1, 0.15) is 34.3 Å². The van der Waals surface area contributed by atoms with Gasteiger partial charge in [0.1, 0.15) is 5.69 Å². The molecule has 1 atom stereocenters. The SMILES string of the molecule is N#Cc1ccccc1CN1CCC[C@@H](NC(=O)c2ccc3[nH]nc(-c4ccncc4)c3c2)C1. The fourth-order valence-electron chi connectivity index (χ4n) is 4.48. The molecule has 3 heterocycles. The molecule has 0 saturated carbocycles. The Morgan fingerprint density at radius 1 is 1.18 bits per heavy atom. The second kappa shape index (κ2) is 9.23. The number of rotatable bonds is 5. The summed E-state index contributed by atoms with van der Waals surface area (Å²) in [7, 11) is 0. The summed E-state index contributed by atoms with van der Waals surface area (Å²) in [5.41, 5.74) is 5.00. The van der Waals surface area contributed by atoms with Gasteiger partial charge in [-0.05, 0) is 61.3 Å². The second-order valence-corrected chi connectivity index (χ2v) is 8.39. The van der Waals surface area contributed by atoms with Gasteiger partial charge in [0.2, 0.25) is 0 Å². The molecule has 1 saturated heterocycles. The van der Waals surface area contributed by atoms with E-state index < -0.39 is 0 Å². The molecule has 1 amide bonds. The smallest absolute Gasteiger partial charge is 0.251 e. The highest BCUT2D eigenvalue weighted by atomic mass is 16.1. The first kappa shape index (κ1) is 20.9. The fourth-order valence-corrected chi connectivity index (χ4v) is 4.48. The molecule has 2 N–H and O–H groups in total. The van der Waals surface area contributed by atoms with Gasteiger partial charge >= 0.3 is 0 Å². The molecule has 0 radical (unpaired) electrons. The highest BCUT2D eigenvalue weighted by Crippen LogP contribution is 2.26. The number of carbonyl (C=O) groups excluding carboxylic acids is 1. The third-order valence-electron chi connectivity index (χ3n) is 6.15. The van der Waals surface area contributed by atoms with Crippen molar-refractivity contribution >= 4 is 16.8 Å². The summed E-state index contributed by atoms with van der Waals surface area (Å²) in [6.07, 6.45) is 5.41. The third kappa shape index (κ3) is 4.47. The lowest BCUT2D eigenvalue weighted by Crippen LogP contribution is -2.47. The first-order chi connectivity index (χ1) is 16.2. The maximum absolute atomic E-state index is 13.1. The van der Waals surface area contributed by atoms with Crippen LogP contribution in [0.4, 0.5) is 0 Å². The first-order valence-electron chi connectivity index (χ1n) is 11.1. The van der Waals surface area contributed by atoms with Gasteiger partial charge in [0.05, 0.1) is 17.1 Å². The summed E-state index contributed by atoms with van der Waals surface area (Å²) in [5.74, 6) is -0.0805. The Morgan fingerprint density at radius 3 is 2.88 bits per heavy atom. The second-order valence-electron chi connectivity index (χ2n) is 8.39. The van der Waals surface area contributed by atoms with E-state index in [2.05, 4.69) is 31.5 Å². The summed E-state index contributed by atoms with van der Waals surface area (Å²) in [5, 5.41) is 21.0. The van der Waals surface area contributed by atoms with E-state index in [1.807, 2.05) is 54.6 Å². The predicted molar refractivity (Wildman–Crippen MR) is 126 cm³/mol. The Morgan fingerprint density at radius 2 is 2.03 bits per heavy atom. The van der Waals surface area contributed by atoms with Crippen molar-refractivity contribution in [3.63, 3.8) is 0 Å². The summed E-state index contributed by atoms with van der Waals surface area (Å²) < 4.78 is 0. The highest BCUT2D eigenvalue weighted by molar-refractivity contribution is 6.01. The van der Waals surface area contributed by atoms with E-state index in [0.29, 0.717) is 17.7 Å². The number of nitrogens with zero attached hydrogens (tertiary/aromatic N) is 4. The molecule has 2 aromatic heterocycles. The molecule has 0 aliphatic carbocycles. The summed E-state index contributed by atoms with van der Waals surface area (Å²) in [6.45, 7) is 2.44. The van der Waals surface area contributed by atoms with Crippen molar-refractivity contribution in [2.45, 2.75) is 25.4 Å².